The minimum absolute atomic E-state index is 0. The molecule has 0 aliphatic carbocycles. The number of hydrogen-bond donors (Lipinski definition) is 2. The minimum Gasteiger partial charge on any atom is -0.357 e. The van der Waals surface area contributed by atoms with Crippen molar-refractivity contribution in [1.29, 1.82) is 0 Å². The normalized spacial score (nSPS) is 13.6. The Morgan fingerprint density at radius 3 is 2.31 bits per heavy atom. The van der Waals surface area contributed by atoms with Crippen LogP contribution in [0.2, 0.25) is 0 Å². The van der Waals surface area contributed by atoms with Crippen LogP contribution >= 0.6 is 0 Å². The maximum absolute atomic E-state index is 12.4. The van der Waals surface area contributed by atoms with Gasteiger partial charge in [0.15, 0.2) is 0 Å². The molecule has 1 aromatic rings. The van der Waals surface area contributed by atoms with Gasteiger partial charge < -0.3 is 22.8 Å². The van der Waals surface area contributed by atoms with E-state index >= 15 is 0 Å². The maximum atomic E-state index is 12.4. The Kier molecular flexibility index (Phi) is 10.9. The van der Waals surface area contributed by atoms with Gasteiger partial charge in [0.2, 0.25) is 11.8 Å². The number of hydrogen-bond acceptors (Lipinski definition) is 5. The number of fused-ring (bicyclic) bond motifs is 1. The van der Waals surface area contributed by atoms with Crippen molar-refractivity contribution in [2.75, 3.05) is 13.6 Å². The fraction of sp³-hybridized carbons (Fsp3) is 0.429. The van der Waals surface area contributed by atoms with Gasteiger partial charge >= 0.3 is 17.1 Å². The zero-order chi connectivity index (χ0) is 21.5. The summed E-state index contributed by atoms with van der Waals surface area (Å²) in [6, 6.07) is 3.70. The summed E-state index contributed by atoms with van der Waals surface area (Å²) in [5.74, 6) is -1.52. The van der Waals surface area contributed by atoms with Crippen LogP contribution in [0.4, 0.5) is 0 Å². The topological polar surface area (TPSA) is 110 Å². The van der Waals surface area contributed by atoms with Crippen LogP contribution in [-0.2, 0) is 26.7 Å². The van der Waals surface area contributed by atoms with Gasteiger partial charge in [-0.05, 0) is 18.5 Å². The fourth-order valence-electron chi connectivity index (χ4n) is 2.75. The Morgan fingerprint density at radius 2 is 1.86 bits per heavy atom. The Labute approximate surface area is 183 Å². The molecule has 29 heavy (non-hydrogen) atoms. The summed E-state index contributed by atoms with van der Waals surface area (Å²) in [4.78, 5) is 48.1. The molecule has 0 spiro atoms. The number of rotatable bonds is 7. The summed E-state index contributed by atoms with van der Waals surface area (Å²) >= 11 is 0. The van der Waals surface area contributed by atoms with Crippen LogP contribution in [0, 0.1) is 19.3 Å². The van der Waals surface area contributed by atoms with E-state index < -0.39 is 23.8 Å². The van der Waals surface area contributed by atoms with E-state index in [4.69, 9.17) is 5.73 Å². The Morgan fingerprint density at radius 1 is 1.28 bits per heavy atom. The molecular weight excluding hydrogens is 413 g/mol. The number of aldehydes is 1. The quantitative estimate of drug-likeness (QED) is 0.289. The molecule has 0 fully saturated rings. The molecular formula is C21H29MnN3O4. The number of nitrogens with zero attached hydrogens (tertiary/aromatic N) is 1. The summed E-state index contributed by atoms with van der Waals surface area (Å²) < 4.78 is 0. The van der Waals surface area contributed by atoms with Gasteiger partial charge in [0.05, 0.1) is 0 Å². The number of carbonyl (C=O) groups is 4. The van der Waals surface area contributed by atoms with E-state index in [1.807, 2.05) is 0 Å². The number of nitrogens with two attached hydrogens (primary N) is 1. The van der Waals surface area contributed by atoms with Gasteiger partial charge in [-0.3, -0.25) is 19.3 Å². The molecule has 1 unspecified atom stereocenters. The number of imide groups is 1. The molecule has 8 heteroatoms. The Bertz CT molecular complexity index is 744. The first-order valence-corrected chi connectivity index (χ1v) is 9.12. The second-order valence-electron chi connectivity index (χ2n) is 7.44. The first-order valence-electron chi connectivity index (χ1n) is 9.12. The van der Waals surface area contributed by atoms with Crippen LogP contribution in [0.3, 0.4) is 0 Å². The first kappa shape index (κ1) is 26.8. The molecule has 0 saturated heterocycles. The van der Waals surface area contributed by atoms with Crippen molar-refractivity contribution in [3.8, 4) is 0 Å². The van der Waals surface area contributed by atoms with Crippen LogP contribution in [0.25, 0.3) is 0 Å². The molecule has 1 aliphatic rings. The molecule has 1 heterocycles. The molecule has 1 aromatic carbocycles. The van der Waals surface area contributed by atoms with E-state index in [0.29, 0.717) is 11.8 Å². The zero-order valence-electron chi connectivity index (χ0n) is 17.2. The molecule has 1 aliphatic heterocycles. The van der Waals surface area contributed by atoms with Crippen LogP contribution in [0.15, 0.2) is 18.2 Å². The van der Waals surface area contributed by atoms with Crippen molar-refractivity contribution < 1.29 is 36.2 Å². The molecule has 7 nitrogen and oxygen atoms in total. The molecule has 0 saturated carbocycles. The number of nitrogens with one attached hydrogen (secondary N) is 1. The van der Waals surface area contributed by atoms with Crippen molar-refractivity contribution in [1.82, 2.24) is 10.2 Å². The van der Waals surface area contributed by atoms with Gasteiger partial charge in [0.1, 0.15) is 12.3 Å². The number of benzene rings is 1. The monoisotopic (exact) mass is 442 g/mol. The summed E-state index contributed by atoms with van der Waals surface area (Å²) in [5.41, 5.74) is 6.56. The van der Waals surface area contributed by atoms with Crippen LogP contribution < -0.4 is 11.1 Å². The molecule has 1 atom stereocenters. The molecule has 3 N–H and O–H groups in total. The Balaban J connectivity index is 0.000000846. The minimum atomic E-state index is -0.985. The molecule has 0 bridgehead atoms. The maximum Gasteiger partial charge on any atom is 2.00 e. The van der Waals surface area contributed by atoms with Crippen molar-refractivity contribution in [3.05, 3.63) is 48.7 Å². The van der Waals surface area contributed by atoms with Gasteiger partial charge in [0.25, 0.3) is 5.91 Å². The largest absolute Gasteiger partial charge is 2.00 e. The van der Waals surface area contributed by atoms with E-state index in [0.717, 1.165) is 17.9 Å². The van der Waals surface area contributed by atoms with Crippen molar-refractivity contribution in [2.45, 2.75) is 39.2 Å². The number of amides is 3. The van der Waals surface area contributed by atoms with E-state index in [1.165, 1.54) is 19.2 Å². The van der Waals surface area contributed by atoms with Crippen molar-refractivity contribution >= 4 is 24.0 Å². The third-order valence-corrected chi connectivity index (χ3v) is 4.22. The molecule has 159 valence electrons. The third-order valence-electron chi connectivity index (χ3n) is 4.22. The average molecular weight is 442 g/mol. The van der Waals surface area contributed by atoms with Gasteiger partial charge in [-0.2, -0.15) is 24.0 Å². The zero-order valence-corrected chi connectivity index (χ0v) is 18.3. The standard InChI is InChI=1S/C15H15N2O4.C6H14N.Mn/c1-9-5-6-10-11(8-9)15(21)17(14(10)20)12(4-3-7-18)13(19)16-2;1-6(2,3)4-5-7;/h5-8,12H,1,3-4H2,2H3,(H,16,19);1,4-5,7H2,2-3H3;/q2*-1;+2. The van der Waals surface area contributed by atoms with Crippen LogP contribution in [0.1, 0.15) is 59.4 Å². The second kappa shape index (κ2) is 11.8. The predicted molar refractivity (Wildman–Crippen MR) is 107 cm³/mol. The molecule has 2 rings (SSSR count). The van der Waals surface area contributed by atoms with Gasteiger partial charge in [0, 0.05) is 19.0 Å². The van der Waals surface area contributed by atoms with Gasteiger partial charge in [-0.15, -0.1) is 12.1 Å². The first-order chi connectivity index (χ1) is 13.1. The Hall–Kier alpha value is -2.15. The van der Waals surface area contributed by atoms with E-state index in [2.05, 4.69) is 33.0 Å². The molecule has 3 amide bonds. The van der Waals surface area contributed by atoms with Gasteiger partial charge in [-0.25, -0.2) is 0 Å². The summed E-state index contributed by atoms with van der Waals surface area (Å²) in [6.07, 6.45) is 1.85. The predicted octanol–water partition coefficient (Wildman–Crippen LogP) is 1.75. The van der Waals surface area contributed by atoms with Crippen molar-refractivity contribution in [2.24, 2.45) is 11.1 Å². The van der Waals surface area contributed by atoms with Crippen LogP contribution in [0.5, 0.6) is 0 Å². The second-order valence-corrected chi connectivity index (χ2v) is 7.44. The van der Waals surface area contributed by atoms with Crippen LogP contribution in [-0.4, -0.2) is 48.5 Å². The molecule has 1 radical (unpaired) electrons. The SMILES string of the molecule is [CH2-]C(C)(C)CCN.[CH2-]c1ccc2c(c1)C(=O)N(C(CCC=O)C(=O)NC)C2=O.[Mn+2]. The van der Waals surface area contributed by atoms with Gasteiger partial charge in [-0.1, -0.05) is 20.3 Å². The molecule has 0 aromatic heterocycles. The summed E-state index contributed by atoms with van der Waals surface area (Å²) in [5, 5.41) is 2.42. The van der Waals surface area contributed by atoms with E-state index in [9.17, 15) is 19.2 Å². The third kappa shape index (κ3) is 7.31. The fourth-order valence-corrected chi connectivity index (χ4v) is 2.75. The van der Waals surface area contributed by atoms with E-state index in [-0.39, 0.29) is 46.5 Å². The summed E-state index contributed by atoms with van der Waals surface area (Å²) in [6.45, 7) is 12.5. The average Bonchev–Trinajstić information content (AvgIpc) is 2.85. The summed E-state index contributed by atoms with van der Waals surface area (Å²) in [7, 11) is 1.42. The smallest absolute Gasteiger partial charge is 0.357 e. The number of likely N-dealkylation sites (N-methyl/N-ethyl adjacent to an activating group) is 1. The van der Waals surface area contributed by atoms with E-state index in [1.54, 1.807) is 6.07 Å². The van der Waals surface area contributed by atoms with Crippen molar-refractivity contribution in [3.63, 3.8) is 0 Å². The number of carbonyl (C=O) groups excluding carboxylic acids is 4.